The van der Waals surface area contributed by atoms with Gasteiger partial charge in [0.25, 0.3) is 0 Å². The van der Waals surface area contributed by atoms with Crippen LogP contribution in [0.15, 0.2) is 42.5 Å². The fourth-order valence-electron chi connectivity index (χ4n) is 2.29. The second-order valence-electron chi connectivity index (χ2n) is 5.21. The predicted octanol–water partition coefficient (Wildman–Crippen LogP) is 4.12. The minimum atomic E-state index is 0.282. The first-order chi connectivity index (χ1) is 10.0. The Labute approximate surface area is 131 Å². The van der Waals surface area contributed by atoms with E-state index < -0.39 is 0 Å². The van der Waals surface area contributed by atoms with Gasteiger partial charge in [-0.15, -0.1) is 0 Å². The largest absolute Gasteiger partial charge is 0.496 e. The maximum atomic E-state index is 5.94. The fourth-order valence-corrected chi connectivity index (χ4v) is 2.42. The SMILES string of the molecule is COc1cc(N)ccc1CN(C)C(C)c1ccc(Cl)cc1. The van der Waals surface area contributed by atoms with Crippen molar-refractivity contribution >= 4 is 17.3 Å². The van der Waals surface area contributed by atoms with Crippen LogP contribution in [0.4, 0.5) is 5.69 Å². The van der Waals surface area contributed by atoms with Gasteiger partial charge in [-0.2, -0.15) is 0 Å². The van der Waals surface area contributed by atoms with Crippen LogP contribution in [0.25, 0.3) is 0 Å². The highest BCUT2D eigenvalue weighted by molar-refractivity contribution is 6.30. The number of ether oxygens (including phenoxy) is 1. The van der Waals surface area contributed by atoms with Crippen LogP contribution in [0.5, 0.6) is 5.75 Å². The summed E-state index contributed by atoms with van der Waals surface area (Å²) in [6.45, 7) is 2.96. The molecule has 2 N–H and O–H groups in total. The van der Waals surface area contributed by atoms with E-state index in [0.717, 1.165) is 22.9 Å². The van der Waals surface area contributed by atoms with E-state index in [1.54, 1.807) is 7.11 Å². The van der Waals surface area contributed by atoms with Gasteiger partial charge in [0, 0.05) is 34.9 Å². The molecule has 2 rings (SSSR count). The van der Waals surface area contributed by atoms with Crippen LogP contribution in [0.3, 0.4) is 0 Å². The summed E-state index contributed by atoms with van der Waals surface area (Å²) in [5, 5.41) is 0.758. The third-order valence-electron chi connectivity index (χ3n) is 3.74. The first-order valence-electron chi connectivity index (χ1n) is 6.89. The lowest BCUT2D eigenvalue weighted by molar-refractivity contribution is 0.249. The minimum absolute atomic E-state index is 0.282. The van der Waals surface area contributed by atoms with Crippen LogP contribution < -0.4 is 10.5 Å². The van der Waals surface area contributed by atoms with Gasteiger partial charge in [0.1, 0.15) is 5.75 Å². The topological polar surface area (TPSA) is 38.5 Å². The zero-order valence-corrected chi connectivity index (χ0v) is 13.4. The molecular formula is C17H21ClN2O. The van der Waals surface area contributed by atoms with Gasteiger partial charge in [-0.25, -0.2) is 0 Å². The molecule has 1 atom stereocenters. The van der Waals surface area contributed by atoms with E-state index in [0.29, 0.717) is 5.69 Å². The normalized spacial score (nSPS) is 12.4. The number of methoxy groups -OCH3 is 1. The highest BCUT2D eigenvalue weighted by atomic mass is 35.5. The van der Waals surface area contributed by atoms with E-state index in [2.05, 4.69) is 31.0 Å². The average Bonchev–Trinajstić information content (AvgIpc) is 2.49. The highest BCUT2D eigenvalue weighted by Gasteiger charge is 2.14. The van der Waals surface area contributed by atoms with Crippen LogP contribution in [-0.2, 0) is 6.54 Å². The Kier molecular flexibility index (Phi) is 5.10. The number of hydrogen-bond donors (Lipinski definition) is 1. The Hall–Kier alpha value is -1.71. The first-order valence-corrected chi connectivity index (χ1v) is 7.27. The van der Waals surface area contributed by atoms with E-state index in [1.165, 1.54) is 5.56 Å². The van der Waals surface area contributed by atoms with Gasteiger partial charge in [0.05, 0.1) is 7.11 Å². The Morgan fingerprint density at radius 3 is 2.48 bits per heavy atom. The minimum Gasteiger partial charge on any atom is -0.496 e. The van der Waals surface area contributed by atoms with E-state index in [9.17, 15) is 0 Å². The van der Waals surface area contributed by atoms with Gasteiger partial charge in [0.15, 0.2) is 0 Å². The van der Waals surface area contributed by atoms with Crippen molar-refractivity contribution in [3.8, 4) is 5.75 Å². The third-order valence-corrected chi connectivity index (χ3v) is 4.00. The lowest BCUT2D eigenvalue weighted by Crippen LogP contribution is -2.22. The maximum absolute atomic E-state index is 5.94. The summed E-state index contributed by atoms with van der Waals surface area (Å²) < 4.78 is 5.40. The lowest BCUT2D eigenvalue weighted by atomic mass is 10.1. The predicted molar refractivity (Wildman–Crippen MR) is 88.7 cm³/mol. The molecule has 0 heterocycles. The van der Waals surface area contributed by atoms with Gasteiger partial charge < -0.3 is 10.5 Å². The molecule has 0 aromatic heterocycles. The van der Waals surface area contributed by atoms with E-state index in [-0.39, 0.29) is 6.04 Å². The molecule has 0 bridgehead atoms. The molecule has 0 saturated heterocycles. The second kappa shape index (κ2) is 6.83. The molecule has 0 fully saturated rings. The van der Waals surface area contributed by atoms with Gasteiger partial charge in [0.2, 0.25) is 0 Å². The smallest absolute Gasteiger partial charge is 0.125 e. The molecule has 2 aromatic carbocycles. The standard InChI is InChI=1S/C17H21ClN2O/c1-12(13-4-7-15(18)8-5-13)20(2)11-14-6-9-16(19)10-17(14)21-3/h4-10,12H,11,19H2,1-3H3. The maximum Gasteiger partial charge on any atom is 0.125 e. The molecule has 0 aliphatic heterocycles. The van der Waals surface area contributed by atoms with Crippen LogP contribution >= 0.6 is 11.6 Å². The summed E-state index contributed by atoms with van der Waals surface area (Å²) in [5.41, 5.74) is 8.86. The zero-order valence-electron chi connectivity index (χ0n) is 12.6. The molecule has 0 aliphatic carbocycles. The Balaban J connectivity index is 2.13. The van der Waals surface area contributed by atoms with E-state index in [1.807, 2.05) is 30.3 Å². The molecule has 0 aliphatic rings. The Morgan fingerprint density at radius 2 is 1.86 bits per heavy atom. The number of rotatable bonds is 5. The number of hydrogen-bond acceptors (Lipinski definition) is 3. The Morgan fingerprint density at radius 1 is 1.19 bits per heavy atom. The van der Waals surface area contributed by atoms with Crippen molar-refractivity contribution < 1.29 is 4.74 Å². The van der Waals surface area contributed by atoms with Crippen molar-refractivity contribution in [1.29, 1.82) is 0 Å². The third kappa shape index (κ3) is 3.90. The van der Waals surface area contributed by atoms with Crippen LogP contribution in [0.1, 0.15) is 24.1 Å². The highest BCUT2D eigenvalue weighted by Crippen LogP contribution is 2.27. The van der Waals surface area contributed by atoms with Crippen LogP contribution in [0, 0.1) is 0 Å². The monoisotopic (exact) mass is 304 g/mol. The molecule has 112 valence electrons. The first kappa shape index (κ1) is 15.7. The number of nitrogens with zero attached hydrogens (tertiary/aromatic N) is 1. The van der Waals surface area contributed by atoms with E-state index in [4.69, 9.17) is 22.1 Å². The number of benzene rings is 2. The fraction of sp³-hybridized carbons (Fsp3) is 0.294. The van der Waals surface area contributed by atoms with Gasteiger partial charge in [-0.3, -0.25) is 4.90 Å². The molecule has 0 saturated carbocycles. The van der Waals surface area contributed by atoms with Crippen molar-refractivity contribution in [2.24, 2.45) is 0 Å². The van der Waals surface area contributed by atoms with Crippen molar-refractivity contribution in [3.63, 3.8) is 0 Å². The number of nitrogen functional groups attached to an aromatic ring is 1. The van der Waals surface area contributed by atoms with E-state index >= 15 is 0 Å². The summed E-state index contributed by atoms with van der Waals surface area (Å²) >= 11 is 5.94. The molecule has 4 heteroatoms. The summed E-state index contributed by atoms with van der Waals surface area (Å²) in [4.78, 5) is 2.26. The van der Waals surface area contributed by atoms with Gasteiger partial charge in [-0.05, 0) is 37.7 Å². The van der Waals surface area contributed by atoms with Gasteiger partial charge in [-0.1, -0.05) is 29.8 Å². The second-order valence-corrected chi connectivity index (χ2v) is 5.65. The Bertz CT molecular complexity index is 598. The van der Waals surface area contributed by atoms with Crippen molar-refractivity contribution in [2.75, 3.05) is 19.9 Å². The molecule has 21 heavy (non-hydrogen) atoms. The zero-order chi connectivity index (χ0) is 15.4. The molecule has 2 aromatic rings. The van der Waals surface area contributed by atoms with Crippen molar-refractivity contribution in [3.05, 3.63) is 58.6 Å². The average molecular weight is 305 g/mol. The number of anilines is 1. The summed E-state index contributed by atoms with van der Waals surface area (Å²) in [6, 6.07) is 14.0. The lowest BCUT2D eigenvalue weighted by Gasteiger charge is -2.26. The summed E-state index contributed by atoms with van der Waals surface area (Å²) in [7, 11) is 3.76. The van der Waals surface area contributed by atoms with Crippen molar-refractivity contribution in [2.45, 2.75) is 19.5 Å². The van der Waals surface area contributed by atoms with Crippen LogP contribution in [0.2, 0.25) is 5.02 Å². The molecule has 0 spiro atoms. The van der Waals surface area contributed by atoms with Gasteiger partial charge >= 0.3 is 0 Å². The molecule has 1 unspecified atom stereocenters. The molecule has 0 radical (unpaired) electrons. The molecular weight excluding hydrogens is 284 g/mol. The quantitative estimate of drug-likeness (QED) is 0.844. The number of halogens is 1. The van der Waals surface area contributed by atoms with Crippen molar-refractivity contribution in [1.82, 2.24) is 4.90 Å². The van der Waals surface area contributed by atoms with Crippen LogP contribution in [-0.4, -0.2) is 19.1 Å². The summed E-state index contributed by atoms with van der Waals surface area (Å²) in [6.07, 6.45) is 0. The molecule has 3 nitrogen and oxygen atoms in total. The number of nitrogens with two attached hydrogens (primary N) is 1. The summed E-state index contributed by atoms with van der Waals surface area (Å²) in [5.74, 6) is 0.824. The molecule has 0 amide bonds.